The third-order valence-electron chi connectivity index (χ3n) is 4.45. The lowest BCUT2D eigenvalue weighted by atomic mass is 9.78. The first-order valence-corrected chi connectivity index (χ1v) is 7.92. The van der Waals surface area contributed by atoms with Crippen LogP contribution in [-0.2, 0) is 20.9 Å². The summed E-state index contributed by atoms with van der Waals surface area (Å²) in [4.78, 5) is 24.9. The summed E-state index contributed by atoms with van der Waals surface area (Å²) in [6.07, 6.45) is 1.82. The number of rotatable bonds is 4. The van der Waals surface area contributed by atoms with E-state index >= 15 is 0 Å². The van der Waals surface area contributed by atoms with Crippen LogP contribution < -0.4 is 0 Å². The second kappa shape index (κ2) is 6.58. The molecule has 1 atom stereocenters. The first-order chi connectivity index (χ1) is 11.1. The quantitative estimate of drug-likeness (QED) is 0.922. The molecule has 1 aromatic rings. The van der Waals surface area contributed by atoms with E-state index in [9.17, 15) is 9.59 Å². The van der Waals surface area contributed by atoms with Crippen LogP contribution in [0.5, 0.6) is 0 Å². The monoisotopic (exact) mass is 319 g/mol. The minimum Gasteiger partial charge on any atom is -0.481 e. The maximum atomic E-state index is 12.3. The van der Waals surface area contributed by atoms with Gasteiger partial charge in [-0.3, -0.25) is 4.79 Å². The SMILES string of the molecule is O=C(O)CC1CN(C(=O)OCc2ccccc2)CC2(CCC2)O1. The Labute approximate surface area is 135 Å². The molecule has 1 saturated carbocycles. The average molecular weight is 319 g/mol. The van der Waals surface area contributed by atoms with Crippen molar-refractivity contribution in [2.45, 2.75) is 44.0 Å². The van der Waals surface area contributed by atoms with Gasteiger partial charge in [0.25, 0.3) is 0 Å². The molecule has 6 heteroatoms. The second-order valence-corrected chi connectivity index (χ2v) is 6.29. The fourth-order valence-electron chi connectivity index (χ4n) is 3.18. The number of amides is 1. The van der Waals surface area contributed by atoms with Gasteiger partial charge >= 0.3 is 12.1 Å². The molecule has 3 rings (SSSR count). The molecule has 2 fully saturated rings. The number of hydrogen-bond donors (Lipinski definition) is 1. The minimum absolute atomic E-state index is 0.0930. The van der Waals surface area contributed by atoms with Gasteiger partial charge < -0.3 is 19.5 Å². The van der Waals surface area contributed by atoms with Gasteiger partial charge in [0.05, 0.1) is 31.2 Å². The molecule has 124 valence electrons. The van der Waals surface area contributed by atoms with Crippen molar-refractivity contribution < 1.29 is 24.2 Å². The summed E-state index contributed by atoms with van der Waals surface area (Å²) in [6.45, 7) is 0.964. The van der Waals surface area contributed by atoms with Crippen molar-refractivity contribution in [1.82, 2.24) is 4.90 Å². The first kappa shape index (κ1) is 15.8. The summed E-state index contributed by atoms with van der Waals surface area (Å²) in [5.74, 6) is -0.913. The molecule has 6 nitrogen and oxygen atoms in total. The molecule has 1 N–H and O–H groups in total. The van der Waals surface area contributed by atoms with Crippen molar-refractivity contribution in [3.05, 3.63) is 35.9 Å². The highest BCUT2D eigenvalue weighted by Crippen LogP contribution is 2.40. The zero-order valence-electron chi connectivity index (χ0n) is 12.9. The first-order valence-electron chi connectivity index (χ1n) is 7.92. The number of morpholine rings is 1. The maximum Gasteiger partial charge on any atom is 0.410 e. The molecule has 1 saturated heterocycles. The van der Waals surface area contributed by atoms with Crippen molar-refractivity contribution in [2.24, 2.45) is 0 Å². The second-order valence-electron chi connectivity index (χ2n) is 6.29. The van der Waals surface area contributed by atoms with E-state index in [1.54, 1.807) is 4.90 Å². The van der Waals surface area contributed by atoms with Crippen LogP contribution in [-0.4, -0.2) is 46.9 Å². The van der Waals surface area contributed by atoms with Crippen LogP contribution in [0.1, 0.15) is 31.2 Å². The highest BCUT2D eigenvalue weighted by molar-refractivity contribution is 5.69. The normalized spacial score (nSPS) is 22.4. The molecule has 1 spiro atoms. The van der Waals surface area contributed by atoms with Gasteiger partial charge in [-0.2, -0.15) is 0 Å². The largest absolute Gasteiger partial charge is 0.481 e. The number of nitrogens with zero attached hydrogens (tertiary/aromatic N) is 1. The molecule has 1 aliphatic heterocycles. The van der Waals surface area contributed by atoms with Gasteiger partial charge in [-0.15, -0.1) is 0 Å². The highest BCUT2D eigenvalue weighted by atomic mass is 16.6. The van der Waals surface area contributed by atoms with E-state index in [4.69, 9.17) is 14.6 Å². The van der Waals surface area contributed by atoms with Crippen molar-refractivity contribution in [1.29, 1.82) is 0 Å². The third-order valence-corrected chi connectivity index (χ3v) is 4.45. The van der Waals surface area contributed by atoms with Crippen LogP contribution in [0.4, 0.5) is 4.79 Å². The van der Waals surface area contributed by atoms with Crippen LogP contribution >= 0.6 is 0 Å². The van der Waals surface area contributed by atoms with Crippen molar-refractivity contribution >= 4 is 12.1 Å². The number of benzene rings is 1. The number of aliphatic carboxylic acids is 1. The Morgan fingerprint density at radius 3 is 2.65 bits per heavy atom. The molecule has 1 unspecified atom stereocenters. The maximum absolute atomic E-state index is 12.3. The zero-order chi connectivity index (χ0) is 16.3. The molecule has 0 radical (unpaired) electrons. The number of hydrogen-bond acceptors (Lipinski definition) is 4. The van der Waals surface area contributed by atoms with E-state index in [0.717, 1.165) is 24.8 Å². The molecular formula is C17H21NO5. The summed E-state index contributed by atoms with van der Waals surface area (Å²) >= 11 is 0. The molecule has 1 aromatic carbocycles. The topological polar surface area (TPSA) is 76.1 Å². The molecule has 0 aromatic heterocycles. The Morgan fingerprint density at radius 2 is 2.04 bits per heavy atom. The Bertz CT molecular complexity index is 570. The van der Waals surface area contributed by atoms with Crippen molar-refractivity contribution in [3.8, 4) is 0 Å². The van der Waals surface area contributed by atoms with Gasteiger partial charge in [-0.05, 0) is 24.8 Å². The van der Waals surface area contributed by atoms with E-state index in [1.165, 1.54) is 0 Å². The number of carboxylic acids is 1. The fraction of sp³-hybridized carbons (Fsp3) is 0.529. The molecule has 1 amide bonds. The van der Waals surface area contributed by atoms with Gasteiger partial charge in [-0.1, -0.05) is 30.3 Å². The smallest absolute Gasteiger partial charge is 0.410 e. The van der Waals surface area contributed by atoms with Crippen LogP contribution in [0.15, 0.2) is 30.3 Å². The Morgan fingerprint density at radius 1 is 1.30 bits per heavy atom. The van der Waals surface area contributed by atoms with E-state index in [-0.39, 0.29) is 25.2 Å². The molecule has 2 aliphatic rings. The van der Waals surface area contributed by atoms with E-state index in [2.05, 4.69) is 0 Å². The molecule has 0 bridgehead atoms. The van der Waals surface area contributed by atoms with Gasteiger partial charge in [0, 0.05) is 0 Å². The van der Waals surface area contributed by atoms with Crippen molar-refractivity contribution in [2.75, 3.05) is 13.1 Å². The summed E-state index contributed by atoms with van der Waals surface area (Å²) in [7, 11) is 0. The van der Waals surface area contributed by atoms with E-state index in [1.807, 2.05) is 30.3 Å². The third kappa shape index (κ3) is 3.82. The lowest BCUT2D eigenvalue weighted by Crippen LogP contribution is -2.60. The number of carbonyl (C=O) groups excluding carboxylic acids is 1. The number of carboxylic acid groups (broad SMARTS) is 1. The predicted molar refractivity (Wildman–Crippen MR) is 81.9 cm³/mol. The average Bonchev–Trinajstić information content (AvgIpc) is 2.51. The Balaban J connectivity index is 1.60. The van der Waals surface area contributed by atoms with Crippen LogP contribution in [0.2, 0.25) is 0 Å². The minimum atomic E-state index is -0.913. The zero-order valence-corrected chi connectivity index (χ0v) is 12.9. The van der Waals surface area contributed by atoms with Gasteiger partial charge in [0.1, 0.15) is 6.61 Å². The van der Waals surface area contributed by atoms with E-state index in [0.29, 0.717) is 6.54 Å². The van der Waals surface area contributed by atoms with Gasteiger partial charge in [0.2, 0.25) is 0 Å². The molecule has 1 heterocycles. The van der Waals surface area contributed by atoms with Crippen LogP contribution in [0.3, 0.4) is 0 Å². The molecule has 1 aliphatic carbocycles. The highest BCUT2D eigenvalue weighted by Gasteiger charge is 2.47. The van der Waals surface area contributed by atoms with Gasteiger partial charge in [-0.25, -0.2) is 4.79 Å². The van der Waals surface area contributed by atoms with Gasteiger partial charge in [0.15, 0.2) is 0 Å². The van der Waals surface area contributed by atoms with Crippen LogP contribution in [0.25, 0.3) is 0 Å². The lowest BCUT2D eigenvalue weighted by Gasteiger charge is -2.50. The standard InChI is InChI=1S/C17H21NO5/c19-15(20)9-14-10-18(12-17(23-14)7-4-8-17)16(21)22-11-13-5-2-1-3-6-13/h1-3,5-6,14H,4,7-12H2,(H,19,20). The summed E-state index contributed by atoms with van der Waals surface area (Å²) < 4.78 is 11.3. The Kier molecular flexibility index (Phi) is 4.52. The summed E-state index contributed by atoms with van der Waals surface area (Å²) in [5, 5.41) is 8.99. The molecular weight excluding hydrogens is 298 g/mol. The van der Waals surface area contributed by atoms with Crippen molar-refractivity contribution in [3.63, 3.8) is 0 Å². The summed E-state index contributed by atoms with van der Waals surface area (Å²) in [5.41, 5.74) is 0.555. The lowest BCUT2D eigenvalue weighted by molar-refractivity contribution is -0.190. The predicted octanol–water partition coefficient (Wildman–Crippen LogP) is 2.42. The number of carbonyl (C=O) groups is 2. The molecule has 23 heavy (non-hydrogen) atoms. The number of ether oxygens (including phenoxy) is 2. The Hall–Kier alpha value is -2.08. The summed E-state index contributed by atoms with van der Waals surface area (Å²) in [6, 6.07) is 9.49. The van der Waals surface area contributed by atoms with Crippen LogP contribution in [0, 0.1) is 0 Å². The van der Waals surface area contributed by atoms with E-state index < -0.39 is 18.2 Å². The fourth-order valence-corrected chi connectivity index (χ4v) is 3.18.